The van der Waals surface area contributed by atoms with E-state index in [2.05, 4.69) is 11.6 Å². The van der Waals surface area contributed by atoms with Gasteiger partial charge in [0, 0.05) is 6.04 Å². The van der Waals surface area contributed by atoms with Crippen molar-refractivity contribution in [2.45, 2.75) is 43.5 Å². The molecule has 0 radical (unpaired) electrons. The van der Waals surface area contributed by atoms with Crippen LogP contribution in [0.4, 0.5) is 0 Å². The van der Waals surface area contributed by atoms with Crippen molar-refractivity contribution in [1.29, 1.82) is 5.26 Å². The van der Waals surface area contributed by atoms with Crippen molar-refractivity contribution in [3.63, 3.8) is 0 Å². The molecule has 4 nitrogen and oxygen atoms in total. The number of rotatable bonds is 3. The molecule has 1 aromatic rings. The highest BCUT2D eigenvalue weighted by atomic mass is 35.5. The third-order valence-electron chi connectivity index (χ3n) is 3.69. The van der Waals surface area contributed by atoms with Crippen molar-refractivity contribution in [2.24, 2.45) is 5.92 Å². The first kappa shape index (κ1) is 15.3. The first-order valence-electron chi connectivity index (χ1n) is 6.64. The van der Waals surface area contributed by atoms with E-state index in [-0.39, 0.29) is 21.5 Å². The van der Waals surface area contributed by atoms with E-state index in [0.717, 1.165) is 25.7 Å². The molecule has 0 amide bonds. The molecule has 1 aliphatic carbocycles. The second-order valence-corrected chi connectivity index (χ2v) is 7.42. The van der Waals surface area contributed by atoms with Crippen LogP contribution in [-0.4, -0.2) is 14.5 Å². The van der Waals surface area contributed by atoms with Gasteiger partial charge in [0.2, 0.25) is 10.0 Å². The van der Waals surface area contributed by atoms with E-state index in [1.54, 1.807) is 0 Å². The van der Waals surface area contributed by atoms with E-state index >= 15 is 0 Å². The summed E-state index contributed by atoms with van der Waals surface area (Å²) in [5.74, 6) is 0.654. The lowest BCUT2D eigenvalue weighted by Crippen LogP contribution is -2.37. The van der Waals surface area contributed by atoms with E-state index in [1.165, 1.54) is 18.2 Å². The van der Waals surface area contributed by atoms with E-state index < -0.39 is 10.0 Å². The zero-order valence-electron chi connectivity index (χ0n) is 11.3. The van der Waals surface area contributed by atoms with Gasteiger partial charge in [-0.1, -0.05) is 18.5 Å². The van der Waals surface area contributed by atoms with Crippen LogP contribution in [0.1, 0.15) is 38.2 Å². The molecule has 0 aliphatic heterocycles. The topological polar surface area (TPSA) is 70.0 Å². The van der Waals surface area contributed by atoms with Gasteiger partial charge in [-0.05, 0) is 49.8 Å². The van der Waals surface area contributed by atoms with Gasteiger partial charge in [0.05, 0.1) is 16.7 Å². The highest BCUT2D eigenvalue weighted by Gasteiger charge is 2.25. The minimum absolute atomic E-state index is 0.0168. The Labute approximate surface area is 124 Å². The molecule has 1 fully saturated rings. The van der Waals surface area contributed by atoms with Crippen molar-refractivity contribution in [2.75, 3.05) is 0 Å². The van der Waals surface area contributed by atoms with E-state index in [0.29, 0.717) is 5.92 Å². The Bertz CT molecular complexity index is 629. The molecule has 0 bridgehead atoms. The Balaban J connectivity index is 2.20. The number of hydrogen-bond donors (Lipinski definition) is 1. The summed E-state index contributed by atoms with van der Waals surface area (Å²) in [6.45, 7) is 2.18. The van der Waals surface area contributed by atoms with Gasteiger partial charge in [-0.3, -0.25) is 0 Å². The third kappa shape index (κ3) is 3.51. The van der Waals surface area contributed by atoms with Gasteiger partial charge in [0.25, 0.3) is 0 Å². The van der Waals surface area contributed by atoms with Gasteiger partial charge in [0.15, 0.2) is 0 Å². The molecule has 0 spiro atoms. The normalized spacial score (nSPS) is 23.2. The quantitative estimate of drug-likeness (QED) is 0.932. The summed E-state index contributed by atoms with van der Waals surface area (Å²) in [5, 5.41) is 9.00. The van der Waals surface area contributed by atoms with Crippen LogP contribution < -0.4 is 4.72 Å². The molecule has 1 aromatic carbocycles. The molecule has 0 unspecified atom stereocenters. The first-order chi connectivity index (χ1) is 9.42. The average Bonchev–Trinajstić information content (AvgIpc) is 2.41. The van der Waals surface area contributed by atoms with Crippen LogP contribution in [0.3, 0.4) is 0 Å². The van der Waals surface area contributed by atoms with E-state index in [9.17, 15) is 8.42 Å². The number of benzene rings is 1. The number of nitrogens with one attached hydrogen (secondary N) is 1. The number of nitrogens with zero attached hydrogens (tertiary/aromatic N) is 1. The lowest BCUT2D eigenvalue weighted by atomic mass is 9.88. The third-order valence-corrected chi connectivity index (χ3v) is 5.69. The SMILES string of the molecule is CC1CCC(NS(=O)(=O)c2cc(C#N)ccc2Cl)CC1. The predicted octanol–water partition coefficient (Wildman–Crippen LogP) is 3.07. The lowest BCUT2D eigenvalue weighted by Gasteiger charge is -2.26. The Kier molecular flexibility index (Phi) is 4.69. The Morgan fingerprint density at radius 1 is 1.30 bits per heavy atom. The van der Waals surface area contributed by atoms with Crippen LogP contribution in [0.15, 0.2) is 23.1 Å². The molecular formula is C14H17ClN2O2S. The molecule has 0 heterocycles. The van der Waals surface area contributed by atoms with Crippen LogP contribution in [-0.2, 0) is 10.0 Å². The molecule has 6 heteroatoms. The molecular weight excluding hydrogens is 296 g/mol. The van der Waals surface area contributed by atoms with Crippen molar-refractivity contribution >= 4 is 21.6 Å². The number of nitriles is 1. The van der Waals surface area contributed by atoms with Crippen LogP contribution in [0.2, 0.25) is 5.02 Å². The molecule has 0 aromatic heterocycles. The fourth-order valence-electron chi connectivity index (χ4n) is 2.44. The van der Waals surface area contributed by atoms with Gasteiger partial charge in [-0.2, -0.15) is 5.26 Å². The molecule has 20 heavy (non-hydrogen) atoms. The van der Waals surface area contributed by atoms with Crippen molar-refractivity contribution in [1.82, 2.24) is 4.72 Å². The van der Waals surface area contributed by atoms with Gasteiger partial charge in [-0.15, -0.1) is 0 Å². The molecule has 1 N–H and O–H groups in total. The van der Waals surface area contributed by atoms with Crippen LogP contribution >= 0.6 is 11.6 Å². The average molecular weight is 313 g/mol. The molecule has 0 saturated heterocycles. The summed E-state index contributed by atoms with van der Waals surface area (Å²) in [5.41, 5.74) is 0.284. The van der Waals surface area contributed by atoms with Crippen LogP contribution in [0.25, 0.3) is 0 Å². The summed E-state index contributed by atoms with van der Waals surface area (Å²) in [6.07, 6.45) is 3.74. The predicted molar refractivity (Wildman–Crippen MR) is 77.9 cm³/mol. The number of hydrogen-bond acceptors (Lipinski definition) is 3. The second-order valence-electron chi connectivity index (χ2n) is 5.34. The number of halogens is 1. The largest absolute Gasteiger partial charge is 0.242 e. The van der Waals surface area contributed by atoms with Crippen LogP contribution in [0.5, 0.6) is 0 Å². The van der Waals surface area contributed by atoms with Gasteiger partial charge >= 0.3 is 0 Å². The van der Waals surface area contributed by atoms with E-state index in [4.69, 9.17) is 16.9 Å². The zero-order valence-corrected chi connectivity index (χ0v) is 12.8. The highest BCUT2D eigenvalue weighted by molar-refractivity contribution is 7.89. The molecule has 108 valence electrons. The fraction of sp³-hybridized carbons (Fsp3) is 0.500. The van der Waals surface area contributed by atoms with Gasteiger partial charge in [-0.25, -0.2) is 13.1 Å². The standard InChI is InChI=1S/C14H17ClN2O2S/c1-10-2-5-12(6-3-10)17-20(18,19)14-8-11(9-16)4-7-13(14)15/h4,7-8,10,12,17H,2-3,5-6H2,1H3. The fourth-order valence-corrected chi connectivity index (χ4v) is 4.27. The maximum atomic E-state index is 12.4. The second kappa shape index (κ2) is 6.13. The molecule has 1 aliphatic rings. The van der Waals surface area contributed by atoms with Crippen LogP contribution in [0, 0.1) is 17.2 Å². The molecule has 1 saturated carbocycles. The smallest absolute Gasteiger partial charge is 0.208 e. The van der Waals surface area contributed by atoms with Crippen molar-refractivity contribution < 1.29 is 8.42 Å². The number of sulfonamides is 1. The summed E-state index contributed by atoms with van der Waals surface area (Å²) in [6, 6.07) is 6.14. The Hall–Kier alpha value is -1.09. The van der Waals surface area contributed by atoms with Crippen molar-refractivity contribution in [3.05, 3.63) is 28.8 Å². The minimum Gasteiger partial charge on any atom is -0.208 e. The maximum absolute atomic E-state index is 12.4. The molecule has 0 atom stereocenters. The van der Waals surface area contributed by atoms with Gasteiger partial charge < -0.3 is 0 Å². The lowest BCUT2D eigenvalue weighted by molar-refractivity contribution is 0.332. The van der Waals surface area contributed by atoms with Gasteiger partial charge in [0.1, 0.15) is 4.90 Å². The summed E-state index contributed by atoms with van der Waals surface area (Å²) in [4.78, 5) is -0.0168. The maximum Gasteiger partial charge on any atom is 0.242 e. The summed E-state index contributed by atoms with van der Waals surface area (Å²) < 4.78 is 27.4. The summed E-state index contributed by atoms with van der Waals surface area (Å²) >= 11 is 5.95. The zero-order chi connectivity index (χ0) is 14.8. The first-order valence-corrected chi connectivity index (χ1v) is 8.50. The Morgan fingerprint density at radius 2 is 1.95 bits per heavy atom. The minimum atomic E-state index is -3.67. The monoisotopic (exact) mass is 312 g/mol. The van der Waals surface area contributed by atoms with E-state index in [1.807, 2.05) is 6.07 Å². The highest BCUT2D eigenvalue weighted by Crippen LogP contribution is 2.27. The Morgan fingerprint density at radius 3 is 2.55 bits per heavy atom. The van der Waals surface area contributed by atoms with Crippen molar-refractivity contribution in [3.8, 4) is 6.07 Å². The molecule has 2 rings (SSSR count). The summed E-state index contributed by atoms with van der Waals surface area (Å²) in [7, 11) is -3.67.